The highest BCUT2D eigenvalue weighted by Crippen LogP contribution is 2.16. The lowest BCUT2D eigenvalue weighted by molar-refractivity contribution is -0.121. The molecule has 4 amide bonds. The molecule has 0 heterocycles. The smallest absolute Gasteiger partial charge is 0.319 e. The summed E-state index contributed by atoms with van der Waals surface area (Å²) in [5.74, 6) is -0.732. The molecule has 0 bridgehead atoms. The van der Waals surface area contributed by atoms with Crippen molar-refractivity contribution in [1.29, 1.82) is 0 Å². The number of hydrogen-bond donors (Lipinski definition) is 3. The Labute approximate surface area is 209 Å². The van der Waals surface area contributed by atoms with Gasteiger partial charge in [-0.05, 0) is 42.0 Å². The first-order valence-corrected chi connectivity index (χ1v) is 11.3. The normalized spacial score (nSPS) is 10.2. The molecule has 0 aliphatic carbocycles. The molecular formula is C26H26N4O4S. The van der Waals surface area contributed by atoms with Crippen LogP contribution in [0.2, 0.25) is 0 Å². The largest absolute Gasteiger partial charge is 0.329 e. The van der Waals surface area contributed by atoms with Crippen LogP contribution in [0.25, 0.3) is 0 Å². The van der Waals surface area contributed by atoms with Gasteiger partial charge < -0.3 is 20.4 Å². The van der Waals surface area contributed by atoms with Crippen molar-refractivity contribution < 1.29 is 19.2 Å². The van der Waals surface area contributed by atoms with E-state index in [1.54, 1.807) is 67.7 Å². The highest BCUT2D eigenvalue weighted by Gasteiger charge is 2.22. The highest BCUT2D eigenvalue weighted by atomic mass is 32.1. The lowest BCUT2D eigenvalue weighted by Crippen LogP contribution is -2.46. The maximum Gasteiger partial charge on any atom is 0.319 e. The molecule has 0 aromatic heterocycles. The zero-order chi connectivity index (χ0) is 25.2. The lowest BCUT2D eigenvalue weighted by Gasteiger charge is -2.25. The van der Waals surface area contributed by atoms with Crippen LogP contribution in [0.15, 0.2) is 84.9 Å². The highest BCUT2D eigenvalue weighted by molar-refractivity contribution is 7.96. The molecule has 3 rings (SSSR count). The molecule has 0 unspecified atom stereocenters. The number of rotatable bonds is 9. The SMILES string of the molecule is CN(C(=O)CN(C(=O)CNC(=O)Nc1cccc(CC(=O)S)c1)c1ccccc1)c1ccccc1. The molecule has 0 spiro atoms. The molecule has 0 fully saturated rings. The van der Waals surface area contributed by atoms with Gasteiger partial charge in [-0.15, -0.1) is 12.6 Å². The standard InChI is InChI=1S/C26H26N4O4S/c1-29(21-11-4-2-5-12-21)24(32)18-30(22-13-6-3-7-14-22)23(31)17-27-26(34)28-20-10-8-9-19(15-20)16-25(33)35/h2-15H,16-18H2,1H3,(H,33,35)(H2,27,28,34). The van der Waals surface area contributed by atoms with Crippen LogP contribution in [0.5, 0.6) is 0 Å². The summed E-state index contributed by atoms with van der Waals surface area (Å²) in [6.07, 6.45) is 0.135. The average Bonchev–Trinajstić information content (AvgIpc) is 2.86. The monoisotopic (exact) mass is 490 g/mol. The Hall–Kier alpha value is -4.11. The number of carbonyl (C=O) groups is 4. The van der Waals surface area contributed by atoms with Gasteiger partial charge in [0.1, 0.15) is 6.54 Å². The van der Waals surface area contributed by atoms with Crippen molar-refractivity contribution in [3.8, 4) is 0 Å². The van der Waals surface area contributed by atoms with Gasteiger partial charge in [-0.1, -0.05) is 48.5 Å². The summed E-state index contributed by atoms with van der Waals surface area (Å²) in [4.78, 5) is 52.3. The van der Waals surface area contributed by atoms with E-state index < -0.39 is 11.9 Å². The molecule has 8 nitrogen and oxygen atoms in total. The fraction of sp³-hybridized carbons (Fsp3) is 0.154. The van der Waals surface area contributed by atoms with Crippen LogP contribution in [0.4, 0.5) is 21.9 Å². The molecule has 0 saturated carbocycles. The Kier molecular flexibility index (Phi) is 9.02. The number of amides is 4. The van der Waals surface area contributed by atoms with Crippen LogP contribution >= 0.6 is 12.6 Å². The minimum atomic E-state index is -0.589. The van der Waals surface area contributed by atoms with Gasteiger partial charge in [0, 0.05) is 30.5 Å². The number of likely N-dealkylation sites (N-methyl/N-ethyl adjacent to an activating group) is 1. The van der Waals surface area contributed by atoms with Gasteiger partial charge in [0.25, 0.3) is 0 Å². The van der Waals surface area contributed by atoms with Gasteiger partial charge in [-0.25, -0.2) is 4.79 Å². The second-order valence-corrected chi connectivity index (χ2v) is 8.18. The molecule has 180 valence electrons. The summed E-state index contributed by atoms with van der Waals surface area (Å²) in [5, 5.41) is 4.88. The number of urea groups is 1. The summed E-state index contributed by atoms with van der Waals surface area (Å²) in [6, 6.07) is 24.1. The van der Waals surface area contributed by atoms with E-state index in [1.165, 1.54) is 9.80 Å². The van der Waals surface area contributed by atoms with E-state index in [2.05, 4.69) is 23.3 Å². The van der Waals surface area contributed by atoms with Crippen LogP contribution in [0.3, 0.4) is 0 Å². The van der Waals surface area contributed by atoms with Crippen molar-refractivity contribution in [2.75, 3.05) is 35.3 Å². The van der Waals surface area contributed by atoms with E-state index in [4.69, 9.17) is 0 Å². The Bertz CT molecular complexity index is 1190. The van der Waals surface area contributed by atoms with Crippen LogP contribution in [0.1, 0.15) is 5.56 Å². The molecule has 35 heavy (non-hydrogen) atoms. The van der Waals surface area contributed by atoms with Crippen molar-refractivity contribution in [2.24, 2.45) is 0 Å². The topological polar surface area (TPSA) is 98.8 Å². The molecule has 0 aliphatic heterocycles. The number of nitrogens with zero attached hydrogens (tertiary/aromatic N) is 2. The van der Waals surface area contributed by atoms with E-state index in [9.17, 15) is 19.2 Å². The Morgan fingerprint density at radius 2 is 1.43 bits per heavy atom. The number of carbonyl (C=O) groups excluding carboxylic acids is 4. The van der Waals surface area contributed by atoms with E-state index >= 15 is 0 Å². The van der Waals surface area contributed by atoms with Gasteiger partial charge in [0.2, 0.25) is 11.8 Å². The quantitative estimate of drug-likeness (QED) is 0.400. The van der Waals surface area contributed by atoms with Crippen molar-refractivity contribution in [1.82, 2.24) is 5.32 Å². The fourth-order valence-corrected chi connectivity index (χ4v) is 3.51. The van der Waals surface area contributed by atoms with E-state index in [0.717, 1.165) is 0 Å². The third kappa shape index (κ3) is 7.72. The zero-order valence-electron chi connectivity index (χ0n) is 19.2. The number of anilines is 3. The van der Waals surface area contributed by atoms with E-state index in [-0.39, 0.29) is 30.5 Å². The molecule has 0 saturated heterocycles. The molecule has 9 heteroatoms. The summed E-state index contributed by atoms with van der Waals surface area (Å²) >= 11 is 3.77. The molecule has 0 radical (unpaired) electrons. The summed E-state index contributed by atoms with van der Waals surface area (Å²) < 4.78 is 0. The molecular weight excluding hydrogens is 464 g/mol. The number of benzene rings is 3. The molecule has 2 N–H and O–H groups in total. The van der Waals surface area contributed by atoms with Gasteiger partial charge in [0.05, 0.1) is 6.54 Å². The second-order valence-electron chi connectivity index (χ2n) is 7.68. The number of thiol groups is 1. The van der Waals surface area contributed by atoms with Crippen molar-refractivity contribution in [3.05, 3.63) is 90.5 Å². The molecule has 3 aromatic carbocycles. The molecule has 3 aromatic rings. The Morgan fingerprint density at radius 1 is 0.800 bits per heavy atom. The third-order valence-electron chi connectivity index (χ3n) is 5.12. The van der Waals surface area contributed by atoms with Crippen LogP contribution < -0.4 is 20.4 Å². The second kappa shape index (κ2) is 12.4. The predicted octanol–water partition coefficient (Wildman–Crippen LogP) is 3.50. The van der Waals surface area contributed by atoms with E-state index in [0.29, 0.717) is 22.6 Å². The average molecular weight is 491 g/mol. The number of para-hydroxylation sites is 2. The minimum Gasteiger partial charge on any atom is -0.329 e. The van der Waals surface area contributed by atoms with Crippen molar-refractivity contribution >= 4 is 52.7 Å². The Morgan fingerprint density at radius 3 is 2.06 bits per heavy atom. The maximum atomic E-state index is 13.0. The first-order valence-electron chi connectivity index (χ1n) is 10.9. The predicted molar refractivity (Wildman–Crippen MR) is 140 cm³/mol. The number of hydrogen-bond acceptors (Lipinski definition) is 4. The molecule has 0 atom stereocenters. The van der Waals surface area contributed by atoms with Gasteiger partial charge in [0.15, 0.2) is 5.12 Å². The first kappa shape index (κ1) is 25.5. The van der Waals surface area contributed by atoms with Crippen LogP contribution in [-0.2, 0) is 20.8 Å². The van der Waals surface area contributed by atoms with Gasteiger partial charge >= 0.3 is 6.03 Å². The fourth-order valence-electron chi connectivity index (χ4n) is 3.33. The van der Waals surface area contributed by atoms with Gasteiger partial charge in [-0.3, -0.25) is 14.4 Å². The third-order valence-corrected chi connectivity index (χ3v) is 5.28. The Balaban J connectivity index is 1.64. The van der Waals surface area contributed by atoms with Crippen molar-refractivity contribution in [3.63, 3.8) is 0 Å². The van der Waals surface area contributed by atoms with E-state index in [1.807, 2.05) is 24.3 Å². The lowest BCUT2D eigenvalue weighted by atomic mass is 10.1. The first-order chi connectivity index (χ1) is 16.8. The summed E-state index contributed by atoms with van der Waals surface area (Å²) in [6.45, 7) is -0.519. The maximum absolute atomic E-state index is 13.0. The van der Waals surface area contributed by atoms with Crippen LogP contribution in [0, 0.1) is 0 Å². The summed E-state index contributed by atoms with van der Waals surface area (Å²) in [7, 11) is 1.65. The zero-order valence-corrected chi connectivity index (χ0v) is 20.1. The minimum absolute atomic E-state index is 0.135. The summed E-state index contributed by atoms with van der Waals surface area (Å²) in [5.41, 5.74) is 2.42. The van der Waals surface area contributed by atoms with Gasteiger partial charge in [-0.2, -0.15) is 0 Å². The van der Waals surface area contributed by atoms with Crippen molar-refractivity contribution in [2.45, 2.75) is 6.42 Å². The molecule has 0 aliphatic rings. The van der Waals surface area contributed by atoms with Crippen LogP contribution in [-0.4, -0.2) is 43.1 Å². The number of nitrogens with one attached hydrogen (secondary N) is 2.